The summed E-state index contributed by atoms with van der Waals surface area (Å²) >= 11 is 0. The summed E-state index contributed by atoms with van der Waals surface area (Å²) in [5.41, 5.74) is 2.51. The van der Waals surface area contributed by atoms with Gasteiger partial charge in [-0.3, -0.25) is 19.1 Å². The molecule has 3 aliphatic heterocycles. The van der Waals surface area contributed by atoms with Crippen LogP contribution in [-0.4, -0.2) is 57.6 Å². The van der Waals surface area contributed by atoms with E-state index in [0.29, 0.717) is 35.2 Å². The van der Waals surface area contributed by atoms with E-state index in [9.17, 15) is 14.4 Å². The molecule has 3 aromatic rings. The quantitative estimate of drug-likeness (QED) is 0.619. The second-order valence-corrected chi connectivity index (χ2v) is 8.46. The van der Waals surface area contributed by atoms with Gasteiger partial charge in [0.25, 0.3) is 11.5 Å². The number of rotatable bonds is 5. The molecule has 166 valence electrons. The molecule has 9 nitrogen and oxygen atoms in total. The van der Waals surface area contributed by atoms with Gasteiger partial charge in [0, 0.05) is 45.3 Å². The number of piperazine rings is 1. The van der Waals surface area contributed by atoms with Gasteiger partial charge in [-0.05, 0) is 43.2 Å². The number of fused-ring (bicyclic) bond motifs is 3. The Kier molecular flexibility index (Phi) is 5.05. The molecule has 2 atom stereocenters. The van der Waals surface area contributed by atoms with Gasteiger partial charge in [0.15, 0.2) is 0 Å². The Morgan fingerprint density at radius 1 is 1.19 bits per heavy atom. The Morgan fingerprint density at radius 3 is 2.62 bits per heavy atom. The Bertz CT molecular complexity index is 1280. The fourth-order valence-electron chi connectivity index (χ4n) is 4.89. The molecule has 0 spiro atoms. The van der Waals surface area contributed by atoms with E-state index in [1.165, 1.54) is 4.57 Å². The summed E-state index contributed by atoms with van der Waals surface area (Å²) in [6, 6.07) is 10.3. The van der Waals surface area contributed by atoms with E-state index >= 15 is 0 Å². The summed E-state index contributed by atoms with van der Waals surface area (Å²) in [4.78, 5) is 48.3. The molecule has 3 aliphatic rings. The molecular formula is C23H26N6O3. The molecule has 6 rings (SSSR count). The second-order valence-electron chi connectivity index (χ2n) is 8.46. The first-order chi connectivity index (χ1) is 15.5. The van der Waals surface area contributed by atoms with Crippen molar-refractivity contribution in [2.24, 2.45) is 0 Å². The number of carbonyl (C=O) groups is 1. The van der Waals surface area contributed by atoms with Crippen molar-refractivity contribution >= 4 is 22.5 Å². The fourth-order valence-corrected chi connectivity index (χ4v) is 4.89. The number of anilines is 1. The van der Waals surface area contributed by atoms with Gasteiger partial charge in [0.05, 0.1) is 22.8 Å². The number of piperidine rings is 1. The number of benzene rings is 1. The summed E-state index contributed by atoms with van der Waals surface area (Å²) in [5.74, 6) is -0.186. The molecule has 0 aliphatic carbocycles. The zero-order chi connectivity index (χ0) is 22.4. The minimum absolute atomic E-state index is 0.186. The van der Waals surface area contributed by atoms with E-state index in [0.717, 1.165) is 37.3 Å². The topological polar surface area (TPSA) is 103 Å². The molecule has 3 saturated heterocycles. The van der Waals surface area contributed by atoms with E-state index < -0.39 is 0 Å². The lowest BCUT2D eigenvalue weighted by molar-refractivity contribution is -0.00842. The lowest BCUT2D eigenvalue weighted by Gasteiger charge is -2.57. The number of pyridine rings is 1. The van der Waals surface area contributed by atoms with Crippen molar-refractivity contribution in [2.75, 3.05) is 25.0 Å². The van der Waals surface area contributed by atoms with Crippen molar-refractivity contribution in [3.63, 3.8) is 0 Å². The zero-order valence-electron chi connectivity index (χ0n) is 18.2. The highest BCUT2D eigenvalue weighted by Gasteiger charge is 2.44. The molecule has 5 heterocycles. The lowest BCUT2D eigenvalue weighted by Crippen LogP contribution is -2.68. The van der Waals surface area contributed by atoms with Gasteiger partial charge in [-0.25, -0.2) is 9.78 Å². The van der Waals surface area contributed by atoms with Crippen molar-refractivity contribution in [2.45, 2.75) is 38.5 Å². The average Bonchev–Trinajstić information content (AvgIpc) is 2.82. The van der Waals surface area contributed by atoms with Gasteiger partial charge < -0.3 is 15.2 Å². The number of carbonyl (C=O) groups excluding carboxylic acids is 1. The van der Waals surface area contributed by atoms with Crippen LogP contribution in [0, 0.1) is 0 Å². The van der Waals surface area contributed by atoms with Gasteiger partial charge in [-0.1, -0.05) is 6.07 Å². The molecule has 2 bridgehead atoms. The molecule has 2 aromatic heterocycles. The van der Waals surface area contributed by atoms with Crippen molar-refractivity contribution in [1.82, 2.24) is 24.8 Å². The summed E-state index contributed by atoms with van der Waals surface area (Å²) in [7, 11) is 1.60. The Labute approximate surface area is 184 Å². The lowest BCUT2D eigenvalue weighted by atomic mass is 9.86. The van der Waals surface area contributed by atoms with Gasteiger partial charge >= 0.3 is 5.69 Å². The first-order valence-electron chi connectivity index (χ1n) is 10.9. The predicted octanol–water partition coefficient (Wildman–Crippen LogP) is 0.927. The summed E-state index contributed by atoms with van der Waals surface area (Å²) in [6.45, 7) is 4.73. The SMILES string of the molecule is CCn1c(=O)[nH]c2cc(CN3C4CC3CN(c3ccc(C(=O)NC)nc3)C4)ccc2c1=O. The van der Waals surface area contributed by atoms with Crippen LogP contribution in [0.3, 0.4) is 0 Å². The monoisotopic (exact) mass is 434 g/mol. The maximum absolute atomic E-state index is 12.5. The third-order valence-corrected chi connectivity index (χ3v) is 6.64. The molecule has 0 saturated carbocycles. The molecule has 1 aromatic carbocycles. The number of amides is 1. The first-order valence-corrected chi connectivity index (χ1v) is 10.9. The number of H-pyrrole nitrogens is 1. The smallest absolute Gasteiger partial charge is 0.328 e. The minimum Gasteiger partial charge on any atom is -0.367 e. The van der Waals surface area contributed by atoms with Crippen molar-refractivity contribution in [3.8, 4) is 0 Å². The number of aromatic amines is 1. The summed E-state index contributed by atoms with van der Waals surface area (Å²) in [5, 5.41) is 3.13. The second kappa shape index (κ2) is 7.90. The maximum atomic E-state index is 12.5. The van der Waals surface area contributed by atoms with Gasteiger partial charge in [-0.15, -0.1) is 0 Å². The van der Waals surface area contributed by atoms with E-state index in [1.54, 1.807) is 26.2 Å². The van der Waals surface area contributed by atoms with Crippen molar-refractivity contribution in [3.05, 3.63) is 68.6 Å². The van der Waals surface area contributed by atoms with Crippen LogP contribution in [0.25, 0.3) is 10.9 Å². The third kappa shape index (κ3) is 3.38. The highest BCUT2D eigenvalue weighted by atomic mass is 16.2. The van der Waals surface area contributed by atoms with E-state index in [-0.39, 0.29) is 17.2 Å². The Balaban J connectivity index is 1.29. The van der Waals surface area contributed by atoms with Crippen LogP contribution < -0.4 is 21.5 Å². The molecule has 2 unspecified atom stereocenters. The fraction of sp³-hybridized carbons (Fsp3) is 0.391. The van der Waals surface area contributed by atoms with Gasteiger partial charge in [0.1, 0.15) is 5.69 Å². The Morgan fingerprint density at radius 2 is 1.97 bits per heavy atom. The number of nitrogens with zero attached hydrogens (tertiary/aromatic N) is 4. The highest BCUT2D eigenvalue weighted by molar-refractivity contribution is 5.92. The Hall–Kier alpha value is -3.46. The number of nitrogens with one attached hydrogen (secondary N) is 2. The number of hydrogen-bond donors (Lipinski definition) is 2. The molecule has 2 N–H and O–H groups in total. The van der Waals surface area contributed by atoms with Crippen LogP contribution in [0.1, 0.15) is 29.4 Å². The molecular weight excluding hydrogens is 408 g/mol. The highest BCUT2D eigenvalue weighted by Crippen LogP contribution is 2.35. The summed E-state index contributed by atoms with van der Waals surface area (Å²) < 4.78 is 1.21. The van der Waals surface area contributed by atoms with E-state index in [2.05, 4.69) is 25.1 Å². The maximum Gasteiger partial charge on any atom is 0.328 e. The first kappa shape index (κ1) is 20.4. The standard InChI is InChI=1S/C23H26N6O3/c1-3-28-22(31)18-6-4-14(8-20(18)26-23(28)32)11-29-16-9-17(29)13-27(12-16)15-5-7-19(25-10-15)21(30)24-2/h4-8,10,16-17H,3,9,11-13H2,1-2H3,(H,24,30)(H,26,32). The van der Waals surface area contributed by atoms with Crippen LogP contribution in [-0.2, 0) is 13.1 Å². The minimum atomic E-state index is -0.366. The van der Waals surface area contributed by atoms with Crippen LogP contribution in [0.5, 0.6) is 0 Å². The molecule has 0 radical (unpaired) electrons. The normalized spacial score (nSPS) is 20.2. The number of hydrogen-bond acceptors (Lipinski definition) is 6. The largest absolute Gasteiger partial charge is 0.367 e. The van der Waals surface area contributed by atoms with E-state index in [1.807, 2.05) is 24.3 Å². The van der Waals surface area contributed by atoms with Gasteiger partial charge in [0.2, 0.25) is 0 Å². The summed E-state index contributed by atoms with van der Waals surface area (Å²) in [6.07, 6.45) is 2.92. The van der Waals surface area contributed by atoms with E-state index in [4.69, 9.17) is 0 Å². The third-order valence-electron chi connectivity index (χ3n) is 6.64. The van der Waals surface area contributed by atoms with Crippen LogP contribution in [0.4, 0.5) is 5.69 Å². The van der Waals surface area contributed by atoms with Crippen LogP contribution in [0.15, 0.2) is 46.1 Å². The predicted molar refractivity (Wildman–Crippen MR) is 122 cm³/mol. The number of aromatic nitrogens is 3. The van der Waals surface area contributed by atoms with Crippen LogP contribution in [0.2, 0.25) is 0 Å². The van der Waals surface area contributed by atoms with Crippen LogP contribution >= 0.6 is 0 Å². The molecule has 3 fully saturated rings. The zero-order valence-corrected chi connectivity index (χ0v) is 18.2. The average molecular weight is 435 g/mol. The molecule has 32 heavy (non-hydrogen) atoms. The molecule has 9 heteroatoms. The van der Waals surface area contributed by atoms with Gasteiger partial charge in [-0.2, -0.15) is 0 Å². The molecule has 1 amide bonds. The van der Waals surface area contributed by atoms with Crippen molar-refractivity contribution < 1.29 is 4.79 Å². The van der Waals surface area contributed by atoms with Crippen molar-refractivity contribution in [1.29, 1.82) is 0 Å².